The first-order chi connectivity index (χ1) is 8.47. The van der Waals surface area contributed by atoms with E-state index in [0.717, 1.165) is 0 Å². The molecule has 0 saturated heterocycles. The lowest BCUT2D eigenvalue weighted by Gasteiger charge is -2.35. The van der Waals surface area contributed by atoms with Crippen LogP contribution in [0.2, 0.25) is 0 Å². The molecule has 0 unspecified atom stereocenters. The third kappa shape index (κ3) is 2.58. The van der Waals surface area contributed by atoms with Crippen molar-refractivity contribution in [2.75, 3.05) is 6.61 Å². The number of hydrogen-bond donors (Lipinski definition) is 0. The second kappa shape index (κ2) is 5.76. The predicted octanol–water partition coefficient (Wildman–Crippen LogP) is 1.41. The van der Waals surface area contributed by atoms with E-state index >= 15 is 0 Å². The summed E-state index contributed by atoms with van der Waals surface area (Å²) in [4.78, 5) is 35.1. The number of carbonyl (C=O) groups excluding carboxylic acids is 3. The molecule has 0 spiro atoms. The second-order valence-corrected chi connectivity index (χ2v) is 4.58. The molecule has 1 aliphatic carbocycles. The molecule has 5 heteroatoms. The predicted molar refractivity (Wildman–Crippen MR) is 62.3 cm³/mol. The minimum Gasteiger partial charge on any atom is -0.465 e. The molecule has 2 atom stereocenters. The van der Waals surface area contributed by atoms with Gasteiger partial charge in [-0.05, 0) is 26.7 Å². The van der Waals surface area contributed by atoms with Crippen molar-refractivity contribution in [3.63, 3.8) is 0 Å². The highest BCUT2D eigenvalue weighted by Crippen LogP contribution is 2.42. The summed E-state index contributed by atoms with van der Waals surface area (Å²) in [6.07, 6.45) is 1.03. The first-order valence-corrected chi connectivity index (χ1v) is 6.08. The summed E-state index contributed by atoms with van der Waals surface area (Å²) < 4.78 is 4.91. The number of Topliss-reactive ketones (excluding diaryl/α,β-unsaturated/α-hetero) is 2. The van der Waals surface area contributed by atoms with Crippen molar-refractivity contribution >= 4 is 17.5 Å². The topological polar surface area (TPSA) is 84.2 Å². The summed E-state index contributed by atoms with van der Waals surface area (Å²) in [6.45, 7) is 3.16. The third-order valence-corrected chi connectivity index (χ3v) is 3.31. The largest absolute Gasteiger partial charge is 0.465 e. The van der Waals surface area contributed by atoms with Gasteiger partial charge in [0.05, 0.1) is 18.6 Å². The van der Waals surface area contributed by atoms with Gasteiger partial charge in [-0.3, -0.25) is 9.59 Å². The summed E-state index contributed by atoms with van der Waals surface area (Å²) in [5.74, 6) is -1.91. The Kier molecular flexibility index (Phi) is 4.60. The second-order valence-electron chi connectivity index (χ2n) is 4.58. The molecule has 0 radical (unpaired) electrons. The van der Waals surface area contributed by atoms with Crippen molar-refractivity contribution in [2.45, 2.75) is 39.5 Å². The Morgan fingerprint density at radius 3 is 2.72 bits per heavy atom. The van der Waals surface area contributed by atoms with E-state index in [2.05, 4.69) is 0 Å². The van der Waals surface area contributed by atoms with Crippen LogP contribution in [0.5, 0.6) is 0 Å². The van der Waals surface area contributed by atoms with Gasteiger partial charge in [-0.1, -0.05) is 0 Å². The van der Waals surface area contributed by atoms with E-state index in [4.69, 9.17) is 4.74 Å². The summed E-state index contributed by atoms with van der Waals surface area (Å²) in [5.41, 5.74) is -1.48. The minimum absolute atomic E-state index is 0.0643. The SMILES string of the molecule is CCOC(=O)[C@]1(C#N)CCCC(=O)[C@H]1CC(C)=O. The van der Waals surface area contributed by atoms with Crippen LogP contribution in [0.4, 0.5) is 0 Å². The smallest absolute Gasteiger partial charge is 0.327 e. The fourth-order valence-electron chi connectivity index (χ4n) is 2.42. The Bertz CT molecular complexity index is 410. The molecular formula is C13H17NO4. The molecular weight excluding hydrogens is 234 g/mol. The molecule has 0 N–H and O–H groups in total. The highest BCUT2D eigenvalue weighted by Gasteiger charge is 2.52. The van der Waals surface area contributed by atoms with Crippen LogP contribution < -0.4 is 0 Å². The van der Waals surface area contributed by atoms with E-state index in [1.807, 2.05) is 6.07 Å². The van der Waals surface area contributed by atoms with Gasteiger partial charge in [0.15, 0.2) is 5.41 Å². The van der Waals surface area contributed by atoms with Gasteiger partial charge in [-0.25, -0.2) is 0 Å². The zero-order chi connectivity index (χ0) is 13.8. The van der Waals surface area contributed by atoms with Gasteiger partial charge in [0.2, 0.25) is 0 Å². The van der Waals surface area contributed by atoms with Gasteiger partial charge in [-0.2, -0.15) is 5.26 Å². The highest BCUT2D eigenvalue weighted by atomic mass is 16.5. The van der Waals surface area contributed by atoms with Crippen LogP contribution in [0.1, 0.15) is 39.5 Å². The Morgan fingerprint density at radius 1 is 1.56 bits per heavy atom. The number of rotatable bonds is 4. The van der Waals surface area contributed by atoms with Gasteiger partial charge in [-0.15, -0.1) is 0 Å². The van der Waals surface area contributed by atoms with Gasteiger partial charge < -0.3 is 9.53 Å². The Morgan fingerprint density at radius 2 is 2.22 bits per heavy atom. The van der Waals surface area contributed by atoms with Gasteiger partial charge in [0, 0.05) is 12.8 Å². The maximum atomic E-state index is 12.0. The zero-order valence-corrected chi connectivity index (χ0v) is 10.7. The lowest BCUT2D eigenvalue weighted by atomic mass is 9.65. The summed E-state index contributed by atoms with van der Waals surface area (Å²) in [7, 11) is 0. The quantitative estimate of drug-likeness (QED) is 0.705. The molecule has 5 nitrogen and oxygen atoms in total. The van der Waals surface area contributed by atoms with Crippen molar-refractivity contribution in [1.82, 2.24) is 0 Å². The number of ether oxygens (including phenoxy) is 1. The van der Waals surface area contributed by atoms with Crippen LogP contribution in [-0.2, 0) is 19.1 Å². The number of nitriles is 1. The Labute approximate surface area is 106 Å². The van der Waals surface area contributed by atoms with Crippen molar-refractivity contribution in [1.29, 1.82) is 5.26 Å². The molecule has 98 valence electrons. The Balaban J connectivity index is 3.11. The lowest BCUT2D eigenvalue weighted by molar-refractivity contribution is -0.160. The Hall–Kier alpha value is -1.70. The monoisotopic (exact) mass is 251 g/mol. The fourth-order valence-corrected chi connectivity index (χ4v) is 2.42. The van der Waals surface area contributed by atoms with E-state index in [-0.39, 0.29) is 31.0 Å². The molecule has 0 aromatic rings. The molecule has 0 bridgehead atoms. The molecule has 1 rings (SSSR count). The lowest BCUT2D eigenvalue weighted by Crippen LogP contribution is -2.46. The van der Waals surface area contributed by atoms with E-state index in [0.29, 0.717) is 12.8 Å². The van der Waals surface area contributed by atoms with E-state index in [9.17, 15) is 19.6 Å². The number of carbonyl (C=O) groups is 3. The standard InChI is InChI=1S/C13H17NO4/c1-3-18-12(17)13(8-14)6-4-5-11(16)10(13)7-9(2)15/h10H,3-7H2,1-2H3/t10-,13+/m1/s1. The summed E-state index contributed by atoms with van der Waals surface area (Å²) in [5, 5.41) is 9.33. The maximum Gasteiger partial charge on any atom is 0.327 e. The van der Waals surface area contributed by atoms with Crippen molar-refractivity contribution in [3.05, 3.63) is 0 Å². The first-order valence-electron chi connectivity index (χ1n) is 6.08. The number of ketones is 2. The summed E-state index contributed by atoms with van der Waals surface area (Å²) in [6, 6.07) is 1.94. The van der Waals surface area contributed by atoms with Gasteiger partial charge >= 0.3 is 5.97 Å². The molecule has 1 aliphatic rings. The van der Waals surface area contributed by atoms with Crippen molar-refractivity contribution in [2.24, 2.45) is 11.3 Å². The third-order valence-electron chi connectivity index (χ3n) is 3.31. The molecule has 1 fully saturated rings. The normalized spacial score (nSPS) is 27.4. The minimum atomic E-state index is -1.48. The van der Waals surface area contributed by atoms with Gasteiger partial charge in [0.25, 0.3) is 0 Å². The molecule has 0 aromatic heterocycles. The van der Waals surface area contributed by atoms with Gasteiger partial charge in [0.1, 0.15) is 11.6 Å². The highest BCUT2D eigenvalue weighted by molar-refractivity contribution is 5.95. The average molecular weight is 251 g/mol. The first kappa shape index (κ1) is 14.4. The zero-order valence-electron chi connectivity index (χ0n) is 10.7. The molecule has 0 heterocycles. The van der Waals surface area contributed by atoms with Crippen LogP contribution >= 0.6 is 0 Å². The van der Waals surface area contributed by atoms with Crippen LogP contribution in [-0.4, -0.2) is 24.1 Å². The van der Waals surface area contributed by atoms with Crippen LogP contribution in [0.15, 0.2) is 0 Å². The number of hydrogen-bond acceptors (Lipinski definition) is 5. The molecule has 0 aliphatic heterocycles. The molecule has 0 aromatic carbocycles. The number of nitrogens with zero attached hydrogens (tertiary/aromatic N) is 1. The molecule has 18 heavy (non-hydrogen) atoms. The van der Waals surface area contributed by atoms with E-state index < -0.39 is 17.3 Å². The maximum absolute atomic E-state index is 12.0. The van der Waals surface area contributed by atoms with Crippen LogP contribution in [0.25, 0.3) is 0 Å². The molecule has 0 amide bonds. The number of esters is 1. The van der Waals surface area contributed by atoms with E-state index in [1.54, 1.807) is 6.92 Å². The van der Waals surface area contributed by atoms with Crippen LogP contribution in [0.3, 0.4) is 0 Å². The van der Waals surface area contributed by atoms with Crippen molar-refractivity contribution in [3.8, 4) is 6.07 Å². The fraction of sp³-hybridized carbons (Fsp3) is 0.692. The van der Waals surface area contributed by atoms with Crippen molar-refractivity contribution < 1.29 is 19.1 Å². The van der Waals surface area contributed by atoms with E-state index in [1.165, 1.54) is 6.92 Å². The average Bonchev–Trinajstić information content (AvgIpc) is 2.31. The summed E-state index contributed by atoms with van der Waals surface area (Å²) >= 11 is 0. The van der Waals surface area contributed by atoms with Crippen LogP contribution in [0, 0.1) is 22.7 Å². The molecule has 1 saturated carbocycles.